The van der Waals surface area contributed by atoms with Crippen molar-refractivity contribution >= 4 is 5.91 Å². The van der Waals surface area contributed by atoms with Crippen LogP contribution in [-0.2, 0) is 4.79 Å². The molecule has 0 aromatic carbocycles. The van der Waals surface area contributed by atoms with Gasteiger partial charge in [-0.05, 0) is 33.2 Å². The molecule has 1 unspecified atom stereocenters. The molecular formula is C13H28N2O. The number of hydrogen-bond donors (Lipinski definition) is 1. The fourth-order valence-corrected chi connectivity index (χ4v) is 1.79. The number of rotatable bonds is 7. The summed E-state index contributed by atoms with van der Waals surface area (Å²) in [4.78, 5) is 14.1. The summed E-state index contributed by atoms with van der Waals surface area (Å²) in [6, 6.07) is 0.564. The Balaban J connectivity index is 4.27. The Hall–Kier alpha value is -0.570. The van der Waals surface area contributed by atoms with E-state index in [1.54, 1.807) is 0 Å². The van der Waals surface area contributed by atoms with Crippen LogP contribution in [0.1, 0.15) is 48.0 Å². The molecule has 0 aliphatic carbocycles. The van der Waals surface area contributed by atoms with Crippen LogP contribution < -0.4 is 5.32 Å². The summed E-state index contributed by atoms with van der Waals surface area (Å²) in [5, 5.41) is 3.28. The lowest BCUT2D eigenvalue weighted by Crippen LogP contribution is -2.42. The molecule has 0 saturated heterocycles. The Bertz CT molecular complexity index is 202. The minimum absolute atomic E-state index is 0.261. The molecule has 0 bridgehead atoms. The van der Waals surface area contributed by atoms with Crippen LogP contribution in [0.3, 0.4) is 0 Å². The van der Waals surface area contributed by atoms with Gasteiger partial charge in [-0.1, -0.05) is 20.8 Å². The molecule has 1 atom stereocenters. The van der Waals surface area contributed by atoms with Gasteiger partial charge in [-0.3, -0.25) is 4.79 Å². The van der Waals surface area contributed by atoms with Gasteiger partial charge in [0, 0.05) is 25.0 Å². The second-order valence-electron chi connectivity index (χ2n) is 5.20. The third-order valence-electron chi connectivity index (χ3n) is 2.54. The van der Waals surface area contributed by atoms with Crippen LogP contribution in [0.15, 0.2) is 0 Å². The van der Waals surface area contributed by atoms with Gasteiger partial charge in [0.25, 0.3) is 0 Å². The van der Waals surface area contributed by atoms with Gasteiger partial charge in [0.1, 0.15) is 0 Å². The number of nitrogens with one attached hydrogen (secondary N) is 1. The van der Waals surface area contributed by atoms with E-state index < -0.39 is 0 Å². The van der Waals surface area contributed by atoms with Crippen molar-refractivity contribution in [2.45, 2.75) is 60.0 Å². The number of hydrogen-bond acceptors (Lipinski definition) is 2. The van der Waals surface area contributed by atoms with Gasteiger partial charge in [-0.2, -0.15) is 0 Å². The lowest BCUT2D eigenvalue weighted by Gasteiger charge is -2.29. The molecule has 0 radical (unpaired) electrons. The SMILES string of the molecule is CCNC(C)CC(=O)N(CC(C)C)C(C)C. The Kier molecular flexibility index (Phi) is 7.39. The molecule has 0 aromatic heterocycles. The molecule has 0 spiro atoms. The summed E-state index contributed by atoms with van der Waals surface area (Å²) in [6.07, 6.45) is 0.596. The molecule has 96 valence electrons. The van der Waals surface area contributed by atoms with Gasteiger partial charge in [0.05, 0.1) is 0 Å². The standard InChI is InChI=1S/C13H28N2O/c1-7-14-12(6)8-13(16)15(11(4)5)9-10(2)3/h10-12,14H,7-9H2,1-6H3. The number of nitrogens with zero attached hydrogens (tertiary/aromatic N) is 1. The summed E-state index contributed by atoms with van der Waals surface area (Å²) in [5.74, 6) is 0.790. The van der Waals surface area contributed by atoms with Crippen LogP contribution in [0, 0.1) is 5.92 Å². The zero-order valence-corrected chi connectivity index (χ0v) is 11.7. The predicted molar refractivity (Wildman–Crippen MR) is 69.4 cm³/mol. The molecule has 0 heterocycles. The summed E-state index contributed by atoms with van der Waals surface area (Å²) in [6.45, 7) is 14.4. The van der Waals surface area contributed by atoms with Crippen LogP contribution in [-0.4, -0.2) is 36.0 Å². The van der Waals surface area contributed by atoms with E-state index in [9.17, 15) is 4.79 Å². The summed E-state index contributed by atoms with van der Waals surface area (Å²) in [5.41, 5.74) is 0. The highest BCUT2D eigenvalue weighted by Crippen LogP contribution is 2.08. The summed E-state index contributed by atoms with van der Waals surface area (Å²) >= 11 is 0. The molecule has 0 aliphatic rings. The third-order valence-corrected chi connectivity index (χ3v) is 2.54. The van der Waals surface area contributed by atoms with Crippen molar-refractivity contribution in [1.82, 2.24) is 10.2 Å². The molecule has 0 fully saturated rings. The third kappa shape index (κ3) is 6.11. The molecule has 0 aromatic rings. The largest absolute Gasteiger partial charge is 0.340 e. The predicted octanol–water partition coefficient (Wildman–Crippen LogP) is 2.27. The fourth-order valence-electron chi connectivity index (χ4n) is 1.79. The van der Waals surface area contributed by atoms with Crippen molar-refractivity contribution in [3.05, 3.63) is 0 Å². The molecule has 1 amide bonds. The maximum Gasteiger partial charge on any atom is 0.224 e. The Morgan fingerprint density at radius 2 is 1.75 bits per heavy atom. The van der Waals surface area contributed by atoms with Gasteiger partial charge in [0.2, 0.25) is 5.91 Å². The molecular weight excluding hydrogens is 200 g/mol. The Morgan fingerprint density at radius 3 is 2.12 bits per heavy atom. The lowest BCUT2D eigenvalue weighted by molar-refractivity contribution is -0.133. The van der Waals surface area contributed by atoms with Crippen LogP contribution in [0.4, 0.5) is 0 Å². The second kappa shape index (κ2) is 7.66. The van der Waals surface area contributed by atoms with Crippen LogP contribution in [0.5, 0.6) is 0 Å². The second-order valence-corrected chi connectivity index (χ2v) is 5.20. The monoisotopic (exact) mass is 228 g/mol. The minimum atomic E-state index is 0.261. The topological polar surface area (TPSA) is 32.3 Å². The van der Waals surface area contributed by atoms with Crippen LogP contribution >= 0.6 is 0 Å². The van der Waals surface area contributed by atoms with E-state index in [4.69, 9.17) is 0 Å². The lowest BCUT2D eigenvalue weighted by atomic mass is 10.1. The maximum atomic E-state index is 12.1. The molecule has 0 saturated carbocycles. The molecule has 3 nitrogen and oxygen atoms in total. The van der Waals surface area contributed by atoms with Gasteiger partial charge >= 0.3 is 0 Å². The molecule has 0 aliphatic heterocycles. The van der Waals surface area contributed by atoms with Crippen molar-refractivity contribution < 1.29 is 4.79 Å². The Labute approximate surface area is 101 Å². The zero-order valence-electron chi connectivity index (χ0n) is 11.7. The normalized spacial score (nSPS) is 13.2. The van der Waals surface area contributed by atoms with E-state index in [0.29, 0.717) is 18.4 Å². The summed E-state index contributed by atoms with van der Waals surface area (Å²) < 4.78 is 0. The van der Waals surface area contributed by atoms with E-state index in [2.05, 4.69) is 46.9 Å². The number of carbonyl (C=O) groups is 1. The van der Waals surface area contributed by atoms with E-state index in [1.165, 1.54) is 0 Å². The quantitative estimate of drug-likeness (QED) is 0.725. The fraction of sp³-hybridized carbons (Fsp3) is 0.923. The Morgan fingerprint density at radius 1 is 1.19 bits per heavy atom. The van der Waals surface area contributed by atoms with Crippen molar-refractivity contribution in [2.75, 3.05) is 13.1 Å². The highest BCUT2D eigenvalue weighted by atomic mass is 16.2. The maximum absolute atomic E-state index is 12.1. The van der Waals surface area contributed by atoms with E-state index in [-0.39, 0.29) is 11.9 Å². The summed E-state index contributed by atoms with van der Waals surface area (Å²) in [7, 11) is 0. The average molecular weight is 228 g/mol. The van der Waals surface area contributed by atoms with Gasteiger partial charge in [-0.15, -0.1) is 0 Å². The van der Waals surface area contributed by atoms with Gasteiger partial charge in [-0.25, -0.2) is 0 Å². The molecule has 3 heteroatoms. The average Bonchev–Trinajstić information content (AvgIpc) is 2.13. The number of carbonyl (C=O) groups excluding carboxylic acids is 1. The molecule has 1 N–H and O–H groups in total. The highest BCUT2D eigenvalue weighted by molar-refractivity contribution is 5.77. The smallest absolute Gasteiger partial charge is 0.224 e. The first-order valence-electron chi connectivity index (χ1n) is 6.41. The first-order chi connectivity index (χ1) is 7.38. The highest BCUT2D eigenvalue weighted by Gasteiger charge is 2.19. The number of amides is 1. The molecule has 16 heavy (non-hydrogen) atoms. The van der Waals surface area contributed by atoms with E-state index >= 15 is 0 Å². The first kappa shape index (κ1) is 15.4. The van der Waals surface area contributed by atoms with Crippen molar-refractivity contribution in [2.24, 2.45) is 5.92 Å². The van der Waals surface area contributed by atoms with Crippen molar-refractivity contribution in [3.8, 4) is 0 Å². The first-order valence-corrected chi connectivity index (χ1v) is 6.41. The molecule has 0 rings (SSSR count). The van der Waals surface area contributed by atoms with Crippen molar-refractivity contribution in [1.29, 1.82) is 0 Å². The van der Waals surface area contributed by atoms with E-state index in [0.717, 1.165) is 13.1 Å². The minimum Gasteiger partial charge on any atom is -0.340 e. The van der Waals surface area contributed by atoms with Crippen LogP contribution in [0.2, 0.25) is 0 Å². The van der Waals surface area contributed by atoms with Gasteiger partial charge < -0.3 is 10.2 Å². The van der Waals surface area contributed by atoms with Crippen molar-refractivity contribution in [3.63, 3.8) is 0 Å². The van der Waals surface area contributed by atoms with Crippen LogP contribution in [0.25, 0.3) is 0 Å². The van der Waals surface area contributed by atoms with Gasteiger partial charge in [0.15, 0.2) is 0 Å². The van der Waals surface area contributed by atoms with E-state index in [1.807, 2.05) is 4.90 Å². The zero-order chi connectivity index (χ0) is 12.7.